The number of β-amino-alcohol motifs (C(OH)–C–C–N with tert-alkyl or cyclic N) is 1. The lowest BCUT2D eigenvalue weighted by Crippen LogP contribution is -2.46. The maximum Gasteiger partial charge on any atom is 0.243 e. The van der Waals surface area contributed by atoms with Crippen molar-refractivity contribution < 1.29 is 32.9 Å². The third kappa shape index (κ3) is 2.51. The molecule has 3 rings (SSSR count). The second-order valence-corrected chi connectivity index (χ2v) is 7.00. The molecule has 1 aromatic rings. The van der Waals surface area contributed by atoms with Crippen molar-refractivity contribution in [3.05, 3.63) is 18.2 Å². The summed E-state index contributed by atoms with van der Waals surface area (Å²) in [4.78, 5) is 11.0. The minimum absolute atomic E-state index is 0.114. The largest absolute Gasteiger partial charge is 0.548 e. The Kier molecular flexibility index (Phi) is 3.71. The molecule has 2 atom stereocenters. The smallest absolute Gasteiger partial charge is 0.243 e. The molecule has 0 spiro atoms. The lowest BCUT2D eigenvalue weighted by Gasteiger charge is -2.25. The van der Waals surface area contributed by atoms with E-state index in [1.54, 1.807) is 0 Å². The highest BCUT2D eigenvalue weighted by Crippen LogP contribution is 2.34. The summed E-state index contributed by atoms with van der Waals surface area (Å²) in [5.74, 6) is -0.808. The standard InChI is InChI=1S/C13H15NO7S/c15-8-5-10(13(16)17)14(7-8)22(18,19)9-1-2-11-12(6-9)21-4-3-20-11/h1-2,6,8,10,15H,3-5,7H2,(H,16,17)/p-1/t8-,10+/m0/s1. The molecule has 120 valence electrons. The Bertz CT molecular complexity index is 702. The summed E-state index contributed by atoms with van der Waals surface area (Å²) in [6, 6.07) is 2.69. The van der Waals surface area contributed by atoms with Crippen LogP contribution >= 0.6 is 0 Å². The number of benzene rings is 1. The van der Waals surface area contributed by atoms with Gasteiger partial charge in [-0.1, -0.05) is 0 Å². The predicted octanol–water partition coefficient (Wildman–Crippen LogP) is -1.67. The van der Waals surface area contributed by atoms with E-state index in [1.807, 2.05) is 0 Å². The zero-order valence-corrected chi connectivity index (χ0v) is 12.3. The number of aliphatic hydroxyl groups excluding tert-OH is 1. The Morgan fingerprint density at radius 2 is 1.95 bits per heavy atom. The van der Waals surface area contributed by atoms with Gasteiger partial charge >= 0.3 is 0 Å². The fraction of sp³-hybridized carbons (Fsp3) is 0.462. The molecule has 1 aromatic carbocycles. The minimum Gasteiger partial charge on any atom is -0.548 e. The van der Waals surface area contributed by atoms with Gasteiger partial charge in [-0.25, -0.2) is 8.42 Å². The summed E-state index contributed by atoms with van der Waals surface area (Å²) >= 11 is 0. The molecular formula is C13H14NO7S-. The van der Waals surface area contributed by atoms with Crippen LogP contribution in [0.5, 0.6) is 11.5 Å². The van der Waals surface area contributed by atoms with E-state index in [0.29, 0.717) is 19.0 Å². The molecule has 22 heavy (non-hydrogen) atoms. The third-order valence-corrected chi connectivity index (χ3v) is 5.50. The van der Waals surface area contributed by atoms with Crippen molar-refractivity contribution in [3.8, 4) is 11.5 Å². The van der Waals surface area contributed by atoms with Gasteiger partial charge in [-0.3, -0.25) is 0 Å². The molecular weight excluding hydrogens is 314 g/mol. The number of aliphatic carboxylic acids is 1. The molecule has 0 radical (unpaired) electrons. The molecule has 8 nitrogen and oxygen atoms in total. The van der Waals surface area contributed by atoms with Gasteiger partial charge in [-0.2, -0.15) is 4.31 Å². The molecule has 9 heteroatoms. The number of carboxylic acid groups (broad SMARTS) is 1. The topological polar surface area (TPSA) is 116 Å². The molecule has 2 aliphatic heterocycles. The van der Waals surface area contributed by atoms with Crippen LogP contribution in [-0.2, 0) is 14.8 Å². The molecule has 1 fully saturated rings. The van der Waals surface area contributed by atoms with E-state index >= 15 is 0 Å². The number of carboxylic acids is 1. The fourth-order valence-corrected chi connectivity index (χ4v) is 4.23. The van der Waals surface area contributed by atoms with Crippen molar-refractivity contribution >= 4 is 16.0 Å². The van der Waals surface area contributed by atoms with Crippen LogP contribution in [0.25, 0.3) is 0 Å². The molecule has 0 amide bonds. The number of rotatable bonds is 3. The lowest BCUT2D eigenvalue weighted by molar-refractivity contribution is -0.309. The van der Waals surface area contributed by atoms with Gasteiger partial charge in [0, 0.05) is 12.6 Å². The summed E-state index contributed by atoms with van der Waals surface area (Å²) in [5.41, 5.74) is 0. The Balaban J connectivity index is 1.97. The first-order valence-corrected chi connectivity index (χ1v) is 8.14. The SMILES string of the molecule is O=C([O-])[C@H]1C[C@H](O)CN1S(=O)(=O)c1ccc2c(c1)OCCO2. The highest BCUT2D eigenvalue weighted by Gasteiger charge is 2.40. The van der Waals surface area contributed by atoms with Crippen LogP contribution in [0.1, 0.15) is 6.42 Å². The van der Waals surface area contributed by atoms with Gasteiger partial charge in [0.1, 0.15) is 13.2 Å². The molecule has 0 aliphatic carbocycles. The van der Waals surface area contributed by atoms with Crippen LogP contribution in [-0.4, -0.2) is 55.7 Å². The molecule has 1 saturated heterocycles. The van der Waals surface area contributed by atoms with Crippen molar-refractivity contribution in [1.82, 2.24) is 4.31 Å². The number of sulfonamides is 1. The number of fused-ring (bicyclic) bond motifs is 1. The summed E-state index contributed by atoms with van der Waals surface area (Å²) < 4.78 is 36.6. The van der Waals surface area contributed by atoms with Crippen LogP contribution in [0, 0.1) is 0 Å². The van der Waals surface area contributed by atoms with Crippen LogP contribution in [0.15, 0.2) is 23.1 Å². The molecule has 0 bridgehead atoms. The molecule has 0 saturated carbocycles. The Morgan fingerprint density at radius 3 is 2.64 bits per heavy atom. The monoisotopic (exact) mass is 328 g/mol. The van der Waals surface area contributed by atoms with Crippen molar-refractivity contribution in [2.24, 2.45) is 0 Å². The average molecular weight is 328 g/mol. The van der Waals surface area contributed by atoms with Crippen LogP contribution in [0.4, 0.5) is 0 Å². The lowest BCUT2D eigenvalue weighted by atomic mass is 10.2. The summed E-state index contributed by atoms with van der Waals surface area (Å²) in [6.07, 6.45) is -1.22. The summed E-state index contributed by atoms with van der Waals surface area (Å²) in [7, 11) is -4.08. The Morgan fingerprint density at radius 1 is 1.27 bits per heavy atom. The number of ether oxygens (including phenoxy) is 2. The maximum atomic E-state index is 12.6. The zero-order valence-electron chi connectivity index (χ0n) is 11.5. The quantitative estimate of drug-likeness (QED) is 0.705. The van der Waals surface area contributed by atoms with Crippen molar-refractivity contribution in [1.29, 1.82) is 0 Å². The summed E-state index contributed by atoms with van der Waals surface area (Å²) in [5, 5.41) is 20.7. The predicted molar refractivity (Wildman–Crippen MR) is 70.7 cm³/mol. The number of hydrogen-bond donors (Lipinski definition) is 1. The Hall–Kier alpha value is -1.84. The van der Waals surface area contributed by atoms with Gasteiger partial charge in [-0.05, 0) is 18.6 Å². The molecule has 2 heterocycles. The highest BCUT2D eigenvalue weighted by atomic mass is 32.2. The van der Waals surface area contributed by atoms with E-state index in [9.17, 15) is 23.4 Å². The molecule has 0 unspecified atom stereocenters. The van der Waals surface area contributed by atoms with E-state index in [4.69, 9.17) is 9.47 Å². The van der Waals surface area contributed by atoms with E-state index in [2.05, 4.69) is 0 Å². The number of carbonyl (C=O) groups is 1. The van der Waals surface area contributed by atoms with Crippen LogP contribution in [0.3, 0.4) is 0 Å². The first-order valence-electron chi connectivity index (χ1n) is 6.70. The van der Waals surface area contributed by atoms with Gasteiger partial charge in [-0.15, -0.1) is 0 Å². The molecule has 2 aliphatic rings. The van der Waals surface area contributed by atoms with E-state index in [1.165, 1.54) is 18.2 Å². The number of aliphatic hydroxyl groups is 1. The van der Waals surface area contributed by atoms with E-state index < -0.39 is 28.1 Å². The molecule has 1 N–H and O–H groups in total. The van der Waals surface area contributed by atoms with Gasteiger partial charge < -0.3 is 24.5 Å². The first-order chi connectivity index (χ1) is 10.4. The summed E-state index contributed by atoms with van der Waals surface area (Å²) in [6.45, 7) is 0.403. The number of hydrogen-bond acceptors (Lipinski definition) is 7. The van der Waals surface area contributed by atoms with Gasteiger partial charge in [0.15, 0.2) is 11.5 Å². The normalized spacial score (nSPS) is 25.1. The van der Waals surface area contributed by atoms with Crippen molar-refractivity contribution in [3.63, 3.8) is 0 Å². The van der Waals surface area contributed by atoms with Crippen LogP contribution in [0.2, 0.25) is 0 Å². The Labute approximate surface area is 126 Å². The fourth-order valence-electron chi connectivity index (χ4n) is 2.58. The second-order valence-electron chi connectivity index (χ2n) is 5.10. The van der Waals surface area contributed by atoms with Crippen molar-refractivity contribution in [2.45, 2.75) is 23.5 Å². The number of carbonyl (C=O) groups excluding carboxylic acids is 1. The average Bonchev–Trinajstić information content (AvgIpc) is 2.90. The van der Waals surface area contributed by atoms with E-state index in [-0.39, 0.29) is 23.6 Å². The second kappa shape index (κ2) is 5.41. The van der Waals surface area contributed by atoms with Crippen LogP contribution < -0.4 is 14.6 Å². The van der Waals surface area contributed by atoms with Gasteiger partial charge in [0.25, 0.3) is 0 Å². The third-order valence-electron chi connectivity index (χ3n) is 3.63. The van der Waals surface area contributed by atoms with Gasteiger partial charge in [0.05, 0.1) is 23.0 Å². The first kappa shape index (κ1) is 15.1. The molecule has 0 aromatic heterocycles. The van der Waals surface area contributed by atoms with E-state index in [0.717, 1.165) is 4.31 Å². The minimum atomic E-state index is -4.08. The zero-order chi connectivity index (χ0) is 15.9. The highest BCUT2D eigenvalue weighted by molar-refractivity contribution is 7.89. The number of nitrogens with zero attached hydrogens (tertiary/aromatic N) is 1. The maximum absolute atomic E-state index is 12.6. The van der Waals surface area contributed by atoms with Crippen molar-refractivity contribution in [2.75, 3.05) is 19.8 Å². The van der Waals surface area contributed by atoms with Gasteiger partial charge in [0.2, 0.25) is 10.0 Å².